The number of nitrogens with zero attached hydrogens (tertiary/aromatic N) is 2. The van der Waals surface area contributed by atoms with E-state index < -0.39 is 6.52 Å². The van der Waals surface area contributed by atoms with Gasteiger partial charge in [0.05, 0.1) is 29.9 Å². The van der Waals surface area contributed by atoms with Crippen molar-refractivity contribution in [3.05, 3.63) is 46.7 Å². The molecule has 0 saturated heterocycles. The molecule has 0 bridgehead atoms. The summed E-state index contributed by atoms with van der Waals surface area (Å²) in [6.07, 6.45) is 0. The smallest absolute Gasteiger partial charge is 0.0867 e. The van der Waals surface area contributed by atoms with E-state index in [2.05, 4.69) is 4.99 Å². The van der Waals surface area contributed by atoms with Crippen molar-refractivity contribution in [2.45, 2.75) is 0 Å². The fraction of sp³-hybridized carbons (Fsp3) is 0.154. The molecule has 2 nitrogen and oxygen atoms in total. The van der Waals surface area contributed by atoms with Crippen LogP contribution in [0.4, 0.5) is 11.4 Å². The van der Waals surface area contributed by atoms with Crippen molar-refractivity contribution >= 4 is 28.4 Å². The van der Waals surface area contributed by atoms with Crippen LogP contribution in [-0.4, -0.2) is 19.3 Å². The molecule has 0 N–H and O–H groups in total. The van der Waals surface area contributed by atoms with E-state index in [1.54, 1.807) is 11.3 Å². The minimum atomic E-state index is -0.427. The molecule has 0 spiro atoms. The lowest BCUT2D eigenvalue weighted by Gasteiger charge is -2.26. The number of fused-ring (bicyclic) bond motifs is 1. The fourth-order valence-electron chi connectivity index (χ4n) is 1.81. The van der Waals surface area contributed by atoms with E-state index >= 15 is 0 Å². The monoisotopic (exact) mass is 230 g/mol. The maximum atomic E-state index is 8.24. The molecule has 0 amide bonds. The third kappa shape index (κ3) is 1.53. The van der Waals surface area contributed by atoms with Gasteiger partial charge in [0.2, 0.25) is 0 Å². The van der Waals surface area contributed by atoms with Crippen LogP contribution >= 0.6 is 11.3 Å². The van der Waals surface area contributed by atoms with Crippen molar-refractivity contribution in [2.24, 2.45) is 4.99 Å². The average Bonchev–Trinajstić information content (AvgIpc) is 2.87. The highest BCUT2D eigenvalue weighted by Crippen LogP contribution is 2.32. The number of rotatable bonds is 1. The van der Waals surface area contributed by atoms with Crippen molar-refractivity contribution in [1.29, 1.82) is 0 Å². The predicted octanol–water partition coefficient (Wildman–Crippen LogP) is 3.32. The Balaban J connectivity index is 2.15. The van der Waals surface area contributed by atoms with E-state index in [4.69, 9.17) is 1.37 Å². The molecule has 2 aromatic rings. The molecule has 1 aromatic heterocycles. The van der Waals surface area contributed by atoms with Crippen LogP contribution < -0.4 is 4.90 Å². The Labute approximate surface area is 100 Å². The van der Waals surface area contributed by atoms with Gasteiger partial charge in [-0.1, -0.05) is 18.2 Å². The van der Waals surface area contributed by atoms with Crippen molar-refractivity contribution in [3.8, 4) is 0 Å². The zero-order valence-electron chi connectivity index (χ0n) is 9.92. The average molecular weight is 230 g/mol. The van der Waals surface area contributed by atoms with E-state index in [1.165, 1.54) is 0 Å². The lowest BCUT2D eigenvalue weighted by atomic mass is 10.1. The highest BCUT2D eigenvalue weighted by atomic mass is 32.1. The lowest BCUT2D eigenvalue weighted by molar-refractivity contribution is 1.04. The summed E-state index contributed by atoms with van der Waals surface area (Å²) in [5.74, 6) is 0. The number of aliphatic imine (C=N–C) groups is 1. The summed E-state index contributed by atoms with van der Waals surface area (Å²) in [5, 5.41) is 2.02. The van der Waals surface area contributed by atoms with Crippen molar-refractivity contribution in [1.82, 2.24) is 0 Å². The molecule has 0 aliphatic carbocycles. The maximum absolute atomic E-state index is 8.24. The van der Waals surface area contributed by atoms with Gasteiger partial charge in [-0.05, 0) is 23.6 Å². The highest BCUT2D eigenvalue weighted by molar-refractivity contribution is 7.12. The van der Waals surface area contributed by atoms with E-state index in [1.807, 2.05) is 53.7 Å². The van der Waals surface area contributed by atoms with Crippen LogP contribution in [0.2, 0.25) is 0 Å². The molecule has 16 heavy (non-hydrogen) atoms. The Hall–Kier alpha value is -1.61. The number of hydrogen-bond acceptors (Lipinski definition) is 3. The standard InChI is InChI=1S/C13H12N2S/c1-15-9-11(13-7-4-8-16-13)14-10-5-2-3-6-12(10)15/h2-8H,9H2,1H3/i9T. The Morgan fingerprint density at radius 3 is 3.00 bits per heavy atom. The van der Waals surface area contributed by atoms with Gasteiger partial charge in [0.1, 0.15) is 0 Å². The topological polar surface area (TPSA) is 15.6 Å². The Morgan fingerprint density at radius 1 is 1.31 bits per heavy atom. The number of para-hydroxylation sites is 2. The second-order valence-corrected chi connectivity index (χ2v) is 4.65. The minimum Gasteiger partial charge on any atom is -0.367 e. The summed E-state index contributed by atoms with van der Waals surface area (Å²) in [6, 6.07) is 12.0. The molecule has 80 valence electrons. The van der Waals surface area contributed by atoms with E-state index in [0.717, 1.165) is 22.0 Å². The predicted molar refractivity (Wildman–Crippen MR) is 70.2 cm³/mol. The van der Waals surface area contributed by atoms with Crippen molar-refractivity contribution < 1.29 is 1.37 Å². The number of hydrogen-bond donors (Lipinski definition) is 0. The second-order valence-electron chi connectivity index (χ2n) is 3.70. The van der Waals surface area contributed by atoms with Crippen LogP contribution in [0.15, 0.2) is 46.8 Å². The third-order valence-corrected chi connectivity index (χ3v) is 3.48. The molecule has 2 heterocycles. The molecule has 3 heteroatoms. The van der Waals surface area contributed by atoms with Gasteiger partial charge >= 0.3 is 0 Å². The van der Waals surface area contributed by atoms with Crippen molar-refractivity contribution in [2.75, 3.05) is 18.5 Å². The minimum absolute atomic E-state index is 0.427. The van der Waals surface area contributed by atoms with Gasteiger partial charge in [-0.2, -0.15) is 0 Å². The summed E-state index contributed by atoms with van der Waals surface area (Å²) in [6.45, 7) is -0.427. The molecule has 1 unspecified atom stereocenters. The molecular formula is C13H12N2S. The van der Waals surface area contributed by atoms with Crippen LogP contribution in [0.5, 0.6) is 0 Å². The van der Waals surface area contributed by atoms with Crippen LogP contribution in [0, 0.1) is 0 Å². The van der Waals surface area contributed by atoms with E-state index in [-0.39, 0.29) is 0 Å². The third-order valence-electron chi connectivity index (χ3n) is 2.59. The van der Waals surface area contributed by atoms with Gasteiger partial charge in [-0.3, -0.25) is 0 Å². The summed E-state index contributed by atoms with van der Waals surface area (Å²) in [7, 11) is 1.94. The van der Waals surface area contributed by atoms with Gasteiger partial charge in [0, 0.05) is 7.05 Å². The molecule has 1 aliphatic rings. The first kappa shape index (κ1) is 8.53. The van der Waals surface area contributed by atoms with Gasteiger partial charge in [-0.15, -0.1) is 11.3 Å². The zero-order chi connectivity index (χ0) is 11.8. The largest absolute Gasteiger partial charge is 0.367 e. The van der Waals surface area contributed by atoms with Crippen molar-refractivity contribution in [3.63, 3.8) is 0 Å². The summed E-state index contributed by atoms with van der Waals surface area (Å²) >= 11 is 1.63. The normalized spacial score (nSPS) is 20.1. The van der Waals surface area contributed by atoms with Crippen LogP contribution in [0.25, 0.3) is 0 Å². The van der Waals surface area contributed by atoms with E-state index in [0.29, 0.717) is 0 Å². The highest BCUT2D eigenvalue weighted by Gasteiger charge is 2.17. The van der Waals surface area contributed by atoms with Gasteiger partial charge in [-0.25, -0.2) is 4.99 Å². The molecule has 1 aromatic carbocycles. The molecule has 0 fully saturated rings. The number of benzene rings is 1. The zero-order valence-corrected chi connectivity index (χ0v) is 9.74. The molecule has 1 aliphatic heterocycles. The summed E-state index contributed by atoms with van der Waals surface area (Å²) in [4.78, 5) is 7.65. The molecule has 0 saturated carbocycles. The van der Waals surface area contributed by atoms with Gasteiger partial charge in [0.15, 0.2) is 0 Å². The second kappa shape index (κ2) is 3.76. The molecule has 3 rings (SSSR count). The molecule has 1 atom stereocenters. The Kier molecular flexibility index (Phi) is 2.00. The quantitative estimate of drug-likeness (QED) is 0.733. The van der Waals surface area contributed by atoms with Gasteiger partial charge in [0.25, 0.3) is 0 Å². The van der Waals surface area contributed by atoms with E-state index in [9.17, 15) is 0 Å². The SMILES string of the molecule is [3H]C1C(c2cccs2)=Nc2ccccc2N1C. The van der Waals surface area contributed by atoms with Crippen LogP contribution in [0.3, 0.4) is 0 Å². The number of thiophene rings is 1. The summed E-state index contributed by atoms with van der Waals surface area (Å²) in [5.41, 5.74) is 2.80. The first-order valence-electron chi connectivity index (χ1n) is 5.71. The first-order valence-corrected chi connectivity index (χ1v) is 6.02. The lowest BCUT2D eigenvalue weighted by Crippen LogP contribution is -2.28. The Morgan fingerprint density at radius 2 is 2.19 bits per heavy atom. The maximum Gasteiger partial charge on any atom is 0.0867 e. The summed E-state index contributed by atoms with van der Waals surface area (Å²) < 4.78 is 8.24. The van der Waals surface area contributed by atoms with Crippen LogP contribution in [0.1, 0.15) is 6.25 Å². The Bertz CT molecular complexity index is 563. The fourth-order valence-corrected chi connectivity index (χ4v) is 2.49. The first-order chi connectivity index (χ1) is 8.27. The van der Waals surface area contributed by atoms with Crippen LogP contribution in [-0.2, 0) is 0 Å². The number of likely N-dealkylation sites (N-methyl/N-ethyl adjacent to an activating group) is 1. The molecular weight excluding hydrogens is 216 g/mol. The van der Waals surface area contributed by atoms with Gasteiger partial charge < -0.3 is 4.90 Å². The molecule has 0 radical (unpaired) electrons. The number of anilines is 1.